The summed E-state index contributed by atoms with van der Waals surface area (Å²) in [5.74, 6) is -0.340. The Kier molecular flexibility index (Phi) is 2.54. The van der Waals surface area contributed by atoms with E-state index in [1.165, 1.54) is 0 Å². The van der Waals surface area contributed by atoms with Gasteiger partial charge >= 0.3 is 0 Å². The molecular formula is C9H16O3. The molecule has 3 heteroatoms. The van der Waals surface area contributed by atoms with Crippen LogP contribution in [0.4, 0.5) is 0 Å². The van der Waals surface area contributed by atoms with E-state index in [0.717, 1.165) is 0 Å². The quantitative estimate of drug-likeness (QED) is 0.599. The van der Waals surface area contributed by atoms with Crippen LogP contribution in [-0.2, 0) is 14.3 Å². The summed E-state index contributed by atoms with van der Waals surface area (Å²) in [7, 11) is 0. The lowest BCUT2D eigenvalue weighted by Crippen LogP contribution is -2.48. The predicted octanol–water partition coefficient (Wildman–Crippen LogP) is 1.36. The SMILES string of the molecule is CC(C)C1OC(C)(C)OCC1=O. The molecule has 0 aromatic carbocycles. The van der Waals surface area contributed by atoms with Crippen LogP contribution in [0.25, 0.3) is 0 Å². The molecule has 0 spiro atoms. The molecule has 0 radical (unpaired) electrons. The van der Waals surface area contributed by atoms with Crippen LogP contribution in [0.2, 0.25) is 0 Å². The zero-order chi connectivity index (χ0) is 9.35. The van der Waals surface area contributed by atoms with Gasteiger partial charge in [0.05, 0.1) is 0 Å². The molecule has 1 heterocycles. The van der Waals surface area contributed by atoms with E-state index in [2.05, 4.69) is 0 Å². The van der Waals surface area contributed by atoms with E-state index in [4.69, 9.17) is 9.47 Å². The fraction of sp³-hybridized carbons (Fsp3) is 0.889. The predicted molar refractivity (Wildman–Crippen MR) is 44.7 cm³/mol. The van der Waals surface area contributed by atoms with Crippen LogP contribution in [0.5, 0.6) is 0 Å². The van der Waals surface area contributed by atoms with Gasteiger partial charge in [0.15, 0.2) is 11.6 Å². The summed E-state index contributed by atoms with van der Waals surface area (Å²) >= 11 is 0. The van der Waals surface area contributed by atoms with Gasteiger partial charge in [-0.25, -0.2) is 0 Å². The summed E-state index contributed by atoms with van der Waals surface area (Å²) in [4.78, 5) is 11.3. The van der Waals surface area contributed by atoms with Gasteiger partial charge in [0.25, 0.3) is 0 Å². The van der Waals surface area contributed by atoms with Crippen LogP contribution in [0.15, 0.2) is 0 Å². The molecule has 0 aromatic rings. The number of carbonyl (C=O) groups excluding carboxylic acids is 1. The van der Waals surface area contributed by atoms with Gasteiger partial charge in [0.1, 0.15) is 12.7 Å². The molecule has 1 aliphatic heterocycles. The van der Waals surface area contributed by atoms with Crippen LogP contribution >= 0.6 is 0 Å². The first-order valence-electron chi connectivity index (χ1n) is 4.27. The van der Waals surface area contributed by atoms with Crippen LogP contribution in [0.1, 0.15) is 27.7 Å². The molecule has 0 N–H and O–H groups in total. The number of ketones is 1. The average molecular weight is 172 g/mol. The average Bonchev–Trinajstić information content (AvgIpc) is 1.94. The summed E-state index contributed by atoms with van der Waals surface area (Å²) in [6.45, 7) is 7.79. The van der Waals surface area contributed by atoms with Gasteiger partial charge in [-0.3, -0.25) is 4.79 Å². The lowest BCUT2D eigenvalue weighted by molar-refractivity contribution is -0.264. The van der Waals surface area contributed by atoms with Crippen LogP contribution in [0.3, 0.4) is 0 Å². The molecule has 1 atom stereocenters. The summed E-state index contributed by atoms with van der Waals surface area (Å²) in [6, 6.07) is 0. The monoisotopic (exact) mass is 172 g/mol. The molecule has 1 fully saturated rings. The van der Waals surface area contributed by atoms with E-state index in [1.807, 2.05) is 27.7 Å². The van der Waals surface area contributed by atoms with Crippen LogP contribution in [0, 0.1) is 5.92 Å². The molecule has 1 rings (SSSR count). The Morgan fingerprint density at radius 1 is 1.50 bits per heavy atom. The third kappa shape index (κ3) is 2.05. The number of carbonyl (C=O) groups is 1. The van der Waals surface area contributed by atoms with Crippen molar-refractivity contribution in [1.29, 1.82) is 0 Å². The standard InChI is InChI=1S/C9H16O3/c1-6(2)8-7(10)5-11-9(3,4)12-8/h6,8H,5H2,1-4H3. The first-order chi connectivity index (χ1) is 5.42. The number of rotatable bonds is 1. The molecule has 0 aromatic heterocycles. The molecule has 0 aliphatic carbocycles. The van der Waals surface area contributed by atoms with Gasteiger partial charge in [-0.05, 0) is 19.8 Å². The third-order valence-electron chi connectivity index (χ3n) is 1.90. The fourth-order valence-electron chi connectivity index (χ4n) is 1.24. The van der Waals surface area contributed by atoms with Crippen LogP contribution in [-0.4, -0.2) is 24.3 Å². The minimum absolute atomic E-state index is 0.0457. The molecule has 1 unspecified atom stereocenters. The molecule has 70 valence electrons. The van der Waals surface area contributed by atoms with E-state index in [-0.39, 0.29) is 24.4 Å². The maximum absolute atomic E-state index is 11.3. The number of hydrogen-bond donors (Lipinski definition) is 0. The Labute approximate surface area is 73.0 Å². The van der Waals surface area contributed by atoms with Crippen molar-refractivity contribution in [3.63, 3.8) is 0 Å². The largest absolute Gasteiger partial charge is 0.343 e. The fourth-order valence-corrected chi connectivity index (χ4v) is 1.24. The topological polar surface area (TPSA) is 35.5 Å². The molecule has 3 nitrogen and oxygen atoms in total. The first kappa shape index (κ1) is 9.68. The van der Waals surface area contributed by atoms with Gasteiger partial charge < -0.3 is 9.47 Å². The van der Waals surface area contributed by atoms with E-state index in [9.17, 15) is 4.79 Å². The second kappa shape index (κ2) is 3.15. The summed E-state index contributed by atoms with van der Waals surface area (Å²) < 4.78 is 10.7. The third-order valence-corrected chi connectivity index (χ3v) is 1.90. The first-order valence-corrected chi connectivity index (χ1v) is 4.27. The van der Waals surface area contributed by atoms with E-state index in [1.54, 1.807) is 0 Å². The second-order valence-corrected chi connectivity index (χ2v) is 3.94. The molecule has 0 saturated carbocycles. The highest BCUT2D eigenvalue weighted by Gasteiger charge is 2.36. The lowest BCUT2D eigenvalue weighted by Gasteiger charge is -2.36. The molecular weight excluding hydrogens is 156 g/mol. The summed E-state index contributed by atoms with van der Waals surface area (Å²) in [5, 5.41) is 0. The smallest absolute Gasteiger partial charge is 0.187 e. The Balaban J connectivity index is 2.66. The van der Waals surface area contributed by atoms with E-state index >= 15 is 0 Å². The molecule has 0 bridgehead atoms. The Hall–Kier alpha value is -0.410. The van der Waals surface area contributed by atoms with Gasteiger partial charge in [-0.15, -0.1) is 0 Å². The van der Waals surface area contributed by atoms with Crippen molar-refractivity contribution in [3.8, 4) is 0 Å². The highest BCUT2D eigenvalue weighted by molar-refractivity contribution is 5.85. The summed E-state index contributed by atoms with van der Waals surface area (Å²) in [6.07, 6.45) is -0.297. The number of ether oxygens (including phenoxy) is 2. The maximum atomic E-state index is 11.3. The van der Waals surface area contributed by atoms with Gasteiger partial charge in [-0.1, -0.05) is 13.8 Å². The molecule has 1 aliphatic rings. The second-order valence-electron chi connectivity index (χ2n) is 3.94. The maximum Gasteiger partial charge on any atom is 0.187 e. The highest BCUT2D eigenvalue weighted by Crippen LogP contribution is 2.23. The molecule has 0 amide bonds. The molecule has 12 heavy (non-hydrogen) atoms. The Bertz CT molecular complexity index is 184. The van der Waals surface area contributed by atoms with E-state index < -0.39 is 5.79 Å². The van der Waals surface area contributed by atoms with Gasteiger partial charge in [0.2, 0.25) is 0 Å². The van der Waals surface area contributed by atoms with Crippen molar-refractivity contribution < 1.29 is 14.3 Å². The van der Waals surface area contributed by atoms with Crippen molar-refractivity contribution in [1.82, 2.24) is 0 Å². The number of Topliss-reactive ketones (excluding diaryl/α,β-unsaturated/α-hetero) is 1. The zero-order valence-corrected chi connectivity index (χ0v) is 8.09. The van der Waals surface area contributed by atoms with Crippen molar-refractivity contribution >= 4 is 5.78 Å². The van der Waals surface area contributed by atoms with Gasteiger partial charge in [0, 0.05) is 0 Å². The van der Waals surface area contributed by atoms with Crippen LogP contribution < -0.4 is 0 Å². The minimum Gasteiger partial charge on any atom is -0.343 e. The Morgan fingerprint density at radius 3 is 2.50 bits per heavy atom. The molecule has 1 saturated heterocycles. The highest BCUT2D eigenvalue weighted by atomic mass is 16.7. The lowest BCUT2D eigenvalue weighted by atomic mass is 10.0. The Morgan fingerprint density at radius 2 is 2.08 bits per heavy atom. The minimum atomic E-state index is -0.608. The van der Waals surface area contributed by atoms with Crippen molar-refractivity contribution in [2.75, 3.05) is 6.61 Å². The van der Waals surface area contributed by atoms with Crippen molar-refractivity contribution in [2.45, 2.75) is 39.6 Å². The van der Waals surface area contributed by atoms with Crippen molar-refractivity contribution in [2.24, 2.45) is 5.92 Å². The van der Waals surface area contributed by atoms with Crippen molar-refractivity contribution in [3.05, 3.63) is 0 Å². The normalized spacial score (nSPS) is 29.4. The summed E-state index contributed by atoms with van der Waals surface area (Å²) in [5.41, 5.74) is 0. The zero-order valence-electron chi connectivity index (χ0n) is 8.09. The van der Waals surface area contributed by atoms with Gasteiger partial charge in [-0.2, -0.15) is 0 Å². The number of hydrogen-bond acceptors (Lipinski definition) is 3. The van der Waals surface area contributed by atoms with E-state index in [0.29, 0.717) is 0 Å².